The summed E-state index contributed by atoms with van der Waals surface area (Å²) in [5.74, 6) is 4.92. The van der Waals surface area contributed by atoms with Gasteiger partial charge in [0.1, 0.15) is 42.0 Å². The standard InChI is InChI=1S/C52H45N9O6/c62-30-31-66-38-18-9-17-37(33-38)47-52(39-32-34(21-22-40(39)55-50(52)65)12-10-25-60-42-20-8-7-19-41(42)56-57-60)43(48(63)58-26-28-59(29-27-58)51-53-23-11-24-54-51)45-49(64)67-46(36-15-5-2-6-16-36)44(61(45)47)35-13-3-1-4-14-35/h1-9,11,13-24,32-33,43-47,62H,25-31H2,(H,55,65)/t43-,44-,45-,46+,47+,52-/m1/s1. The lowest BCUT2D eigenvalue weighted by atomic mass is 9.65. The molecule has 11 rings (SSSR count). The van der Waals surface area contributed by atoms with Gasteiger partial charge in [0, 0.05) is 49.8 Å². The van der Waals surface area contributed by atoms with Crippen molar-refractivity contribution in [2.45, 2.75) is 36.2 Å². The number of carbonyl (C=O) groups is 3. The number of ether oxygens (including phenoxy) is 2. The highest BCUT2D eigenvalue weighted by Crippen LogP contribution is 2.65. The minimum Gasteiger partial charge on any atom is -0.491 e. The lowest BCUT2D eigenvalue weighted by Gasteiger charge is -2.46. The van der Waals surface area contributed by atoms with E-state index in [1.807, 2.05) is 126 Å². The van der Waals surface area contributed by atoms with Crippen LogP contribution in [0.4, 0.5) is 11.6 Å². The van der Waals surface area contributed by atoms with E-state index in [1.54, 1.807) is 34.1 Å². The normalized spacial score (nSPS) is 23.3. The van der Waals surface area contributed by atoms with E-state index in [0.717, 1.165) is 22.2 Å². The molecule has 2 aromatic heterocycles. The molecule has 0 saturated carbocycles. The lowest BCUT2D eigenvalue weighted by molar-refractivity contribution is -0.179. The molecule has 0 aliphatic carbocycles. The quantitative estimate of drug-likeness (QED) is 0.143. The summed E-state index contributed by atoms with van der Waals surface area (Å²) in [6.07, 6.45) is 2.55. The van der Waals surface area contributed by atoms with Crippen molar-refractivity contribution in [1.82, 2.24) is 34.8 Å². The van der Waals surface area contributed by atoms with E-state index in [1.165, 1.54) is 0 Å². The van der Waals surface area contributed by atoms with Crippen LogP contribution in [0, 0.1) is 17.8 Å². The fourth-order valence-corrected chi connectivity index (χ4v) is 10.6. The van der Waals surface area contributed by atoms with E-state index < -0.39 is 47.4 Å². The minimum atomic E-state index is -1.72. The molecule has 67 heavy (non-hydrogen) atoms. The minimum absolute atomic E-state index is 0.0392. The van der Waals surface area contributed by atoms with Crippen LogP contribution >= 0.6 is 0 Å². The van der Waals surface area contributed by atoms with Crippen molar-refractivity contribution in [3.8, 4) is 17.6 Å². The fraction of sp³-hybridized carbons (Fsp3) is 0.250. The van der Waals surface area contributed by atoms with Crippen LogP contribution < -0.4 is 15.0 Å². The average Bonchev–Trinajstić information content (AvgIpc) is 4.03. The zero-order valence-electron chi connectivity index (χ0n) is 36.3. The number of carbonyl (C=O) groups excluding carboxylic acids is 3. The van der Waals surface area contributed by atoms with Crippen LogP contribution in [0.1, 0.15) is 46.0 Å². The van der Waals surface area contributed by atoms with Crippen molar-refractivity contribution in [3.63, 3.8) is 0 Å². The lowest BCUT2D eigenvalue weighted by Crippen LogP contribution is -2.58. The van der Waals surface area contributed by atoms with Gasteiger partial charge in [-0.25, -0.2) is 14.6 Å². The van der Waals surface area contributed by atoms with Crippen LogP contribution in [-0.4, -0.2) is 103 Å². The topological polar surface area (TPSA) is 168 Å². The number of amides is 2. The van der Waals surface area contributed by atoms with Gasteiger partial charge < -0.3 is 29.7 Å². The Hall–Kier alpha value is -7.93. The third-order valence-corrected chi connectivity index (χ3v) is 13.4. The number of benzene rings is 5. The summed E-state index contributed by atoms with van der Waals surface area (Å²) in [6, 6.07) is 38.9. The number of hydrogen-bond acceptors (Lipinski definition) is 12. The van der Waals surface area contributed by atoms with Gasteiger partial charge in [-0.3, -0.25) is 19.3 Å². The summed E-state index contributed by atoms with van der Waals surface area (Å²) in [5, 5.41) is 21.6. The molecule has 2 N–H and O–H groups in total. The predicted molar refractivity (Wildman–Crippen MR) is 247 cm³/mol. The Balaban J connectivity index is 1.11. The Morgan fingerprint density at radius 1 is 0.806 bits per heavy atom. The maximum Gasteiger partial charge on any atom is 0.324 e. The van der Waals surface area contributed by atoms with Crippen molar-refractivity contribution in [2.75, 3.05) is 49.6 Å². The number of anilines is 2. The monoisotopic (exact) mass is 891 g/mol. The summed E-state index contributed by atoms with van der Waals surface area (Å²) in [4.78, 5) is 61.9. The number of aromatic nitrogens is 5. The van der Waals surface area contributed by atoms with E-state index in [2.05, 4.69) is 42.3 Å². The number of para-hydroxylation sites is 1. The second-order valence-electron chi connectivity index (χ2n) is 17.0. The van der Waals surface area contributed by atoms with Crippen molar-refractivity contribution in [2.24, 2.45) is 5.92 Å². The van der Waals surface area contributed by atoms with E-state index in [0.29, 0.717) is 60.3 Å². The largest absolute Gasteiger partial charge is 0.491 e. The Morgan fingerprint density at radius 3 is 2.31 bits per heavy atom. The third kappa shape index (κ3) is 7.22. The molecule has 2 amide bonds. The highest BCUT2D eigenvalue weighted by Gasteiger charge is 2.74. The van der Waals surface area contributed by atoms with Gasteiger partial charge in [0.15, 0.2) is 0 Å². The molecule has 5 aromatic carbocycles. The van der Waals surface area contributed by atoms with Gasteiger partial charge in [-0.1, -0.05) is 102 Å². The summed E-state index contributed by atoms with van der Waals surface area (Å²) in [6.45, 7) is 1.56. The molecule has 7 aromatic rings. The van der Waals surface area contributed by atoms with Crippen molar-refractivity contribution in [3.05, 3.63) is 174 Å². The van der Waals surface area contributed by atoms with Crippen LogP contribution in [0.5, 0.6) is 5.75 Å². The molecule has 4 aliphatic rings. The highest BCUT2D eigenvalue weighted by molar-refractivity contribution is 6.12. The van der Waals surface area contributed by atoms with Crippen LogP contribution in [0.3, 0.4) is 0 Å². The number of nitrogens with one attached hydrogen (secondary N) is 1. The first-order valence-electron chi connectivity index (χ1n) is 22.4. The number of piperazine rings is 1. The Kier molecular flexibility index (Phi) is 10.9. The van der Waals surface area contributed by atoms with Gasteiger partial charge in [-0.2, -0.15) is 0 Å². The Bertz CT molecular complexity index is 3040. The first-order valence-corrected chi connectivity index (χ1v) is 22.4. The molecular weight excluding hydrogens is 847 g/mol. The van der Waals surface area contributed by atoms with E-state index in [9.17, 15) is 5.11 Å². The molecule has 334 valence electrons. The van der Waals surface area contributed by atoms with Gasteiger partial charge in [0.05, 0.1) is 30.1 Å². The Labute approximate surface area is 386 Å². The number of nitrogens with zero attached hydrogens (tertiary/aromatic N) is 8. The van der Waals surface area contributed by atoms with E-state index >= 15 is 14.4 Å². The molecular formula is C52H45N9O6. The number of esters is 1. The Morgan fingerprint density at radius 2 is 1.54 bits per heavy atom. The molecule has 3 fully saturated rings. The summed E-state index contributed by atoms with van der Waals surface area (Å²) >= 11 is 0. The van der Waals surface area contributed by atoms with Crippen LogP contribution in [0.2, 0.25) is 0 Å². The first kappa shape index (κ1) is 41.8. The number of hydrogen-bond donors (Lipinski definition) is 2. The van der Waals surface area contributed by atoms with E-state index in [-0.39, 0.29) is 25.7 Å². The number of aliphatic hydroxyl groups is 1. The first-order chi connectivity index (χ1) is 32.9. The SMILES string of the molecule is O=C1O[C@@H](c2ccccc2)[C@@H](c2ccccc2)N2[C@@H](c3cccc(OCCO)c3)[C@]3(C(=O)Nc4ccc(C#CCn5nnc6ccccc65)cc43)[C@@H](C(=O)N3CCN(c4ncccn4)CC3)[C@H]12. The van der Waals surface area contributed by atoms with Crippen molar-refractivity contribution < 1.29 is 29.0 Å². The van der Waals surface area contributed by atoms with Crippen molar-refractivity contribution >= 4 is 40.5 Å². The summed E-state index contributed by atoms with van der Waals surface area (Å²) in [5.41, 5.74) is 3.80. The smallest absolute Gasteiger partial charge is 0.324 e. The number of rotatable bonds is 9. The van der Waals surface area contributed by atoms with Crippen LogP contribution in [0.25, 0.3) is 11.0 Å². The molecule has 0 radical (unpaired) electrons. The number of morpholine rings is 1. The molecule has 15 heteroatoms. The maximum absolute atomic E-state index is 16.0. The molecule has 6 atom stereocenters. The third-order valence-electron chi connectivity index (χ3n) is 13.4. The summed E-state index contributed by atoms with van der Waals surface area (Å²) in [7, 11) is 0. The van der Waals surface area contributed by atoms with Crippen molar-refractivity contribution in [1.29, 1.82) is 0 Å². The highest BCUT2D eigenvalue weighted by atomic mass is 16.6. The zero-order valence-corrected chi connectivity index (χ0v) is 36.3. The molecule has 15 nitrogen and oxygen atoms in total. The molecule has 3 saturated heterocycles. The molecule has 6 heterocycles. The fourth-order valence-electron chi connectivity index (χ4n) is 10.6. The molecule has 1 spiro atoms. The zero-order chi connectivity index (χ0) is 45.5. The van der Waals surface area contributed by atoms with Gasteiger partial charge in [0.25, 0.3) is 0 Å². The number of aliphatic hydroxyl groups excluding tert-OH is 1. The molecule has 0 bridgehead atoms. The average molecular weight is 892 g/mol. The predicted octanol–water partition coefficient (Wildman–Crippen LogP) is 5.26. The second-order valence-corrected chi connectivity index (χ2v) is 17.0. The van der Waals surface area contributed by atoms with Gasteiger partial charge in [0.2, 0.25) is 17.8 Å². The van der Waals surface area contributed by atoms with Gasteiger partial charge in [-0.05, 0) is 70.8 Å². The maximum atomic E-state index is 16.0. The van der Waals surface area contributed by atoms with Crippen LogP contribution in [-0.2, 0) is 31.1 Å². The van der Waals surface area contributed by atoms with Crippen LogP contribution in [0.15, 0.2) is 146 Å². The number of fused-ring (bicyclic) bond motifs is 4. The number of cyclic esters (lactones) is 1. The summed E-state index contributed by atoms with van der Waals surface area (Å²) < 4.78 is 14.4. The molecule has 4 aliphatic heterocycles. The van der Waals surface area contributed by atoms with Gasteiger partial charge >= 0.3 is 5.97 Å². The van der Waals surface area contributed by atoms with Gasteiger partial charge in [-0.15, -0.1) is 5.10 Å². The second kappa shape index (κ2) is 17.5. The van der Waals surface area contributed by atoms with E-state index in [4.69, 9.17) is 9.47 Å². The molecule has 0 unspecified atom stereocenters.